The van der Waals surface area contributed by atoms with Crippen molar-refractivity contribution in [3.8, 4) is 0 Å². The first-order valence-corrected chi connectivity index (χ1v) is 8.72. The fourth-order valence-corrected chi connectivity index (χ4v) is 4.14. The number of rotatable bonds is 1. The van der Waals surface area contributed by atoms with Crippen LogP contribution in [0.25, 0.3) is 11.0 Å². The van der Waals surface area contributed by atoms with Crippen LogP contribution >= 0.6 is 0 Å². The average Bonchev–Trinajstić information content (AvgIpc) is 3.08. The second kappa shape index (κ2) is 5.42. The van der Waals surface area contributed by atoms with Crippen LogP contribution in [0.2, 0.25) is 0 Å². The summed E-state index contributed by atoms with van der Waals surface area (Å²) >= 11 is 0. The van der Waals surface area contributed by atoms with Crippen LogP contribution in [-0.4, -0.2) is 44.1 Å². The third-order valence-electron chi connectivity index (χ3n) is 5.16. The summed E-state index contributed by atoms with van der Waals surface area (Å²) in [7, 11) is 0. The number of amides is 1. The average molecular weight is 345 g/mol. The minimum absolute atomic E-state index is 0.00951. The Balaban J connectivity index is 1.58. The predicted octanol–water partition coefficient (Wildman–Crippen LogP) is 2.97. The normalized spacial score (nSPS) is 29.2. The number of hydrogen-bond donors (Lipinski definition) is 1. The van der Waals surface area contributed by atoms with Crippen molar-refractivity contribution in [1.29, 1.82) is 0 Å². The topological polar surface area (TPSA) is 88.7 Å². The van der Waals surface area contributed by atoms with Crippen LogP contribution in [0.1, 0.15) is 52.0 Å². The minimum Gasteiger partial charge on any atom is -0.444 e. The van der Waals surface area contributed by atoms with Crippen molar-refractivity contribution in [2.75, 3.05) is 0 Å². The molecule has 2 unspecified atom stereocenters. The third kappa shape index (κ3) is 2.86. The summed E-state index contributed by atoms with van der Waals surface area (Å²) < 4.78 is 10.3. The molecule has 2 saturated heterocycles. The number of piperidine rings is 1. The summed E-state index contributed by atoms with van der Waals surface area (Å²) in [6, 6.07) is 5.49. The maximum Gasteiger partial charge on any atom is 0.410 e. The van der Waals surface area contributed by atoms with Crippen LogP contribution in [0.4, 0.5) is 4.79 Å². The molecule has 0 spiro atoms. The molecule has 2 aliphatic rings. The van der Waals surface area contributed by atoms with Gasteiger partial charge >= 0.3 is 6.09 Å². The predicted molar refractivity (Wildman–Crippen MR) is 89.8 cm³/mol. The zero-order chi connectivity index (χ0) is 17.8. The van der Waals surface area contributed by atoms with Gasteiger partial charge in [0.2, 0.25) is 0 Å². The van der Waals surface area contributed by atoms with Gasteiger partial charge in [0.1, 0.15) is 16.6 Å². The lowest BCUT2D eigenvalue weighted by Crippen LogP contribution is -2.53. The molecular weight excluding hydrogens is 322 g/mol. The van der Waals surface area contributed by atoms with Gasteiger partial charge in [-0.25, -0.2) is 9.42 Å². The van der Waals surface area contributed by atoms with E-state index in [2.05, 4.69) is 10.3 Å². The molecule has 1 N–H and O–H groups in total. The van der Waals surface area contributed by atoms with Gasteiger partial charge in [0.25, 0.3) is 0 Å². The molecule has 2 atom stereocenters. The Morgan fingerprint density at radius 3 is 2.52 bits per heavy atom. The highest BCUT2D eigenvalue weighted by molar-refractivity contribution is 5.74. The summed E-state index contributed by atoms with van der Waals surface area (Å²) in [4.78, 5) is 14.4. The smallest absolute Gasteiger partial charge is 0.410 e. The van der Waals surface area contributed by atoms with Crippen molar-refractivity contribution in [3.05, 3.63) is 23.8 Å². The number of benzene rings is 1. The summed E-state index contributed by atoms with van der Waals surface area (Å²) in [5.74, 6) is 0. The molecule has 1 aromatic heterocycles. The largest absolute Gasteiger partial charge is 0.444 e. The molecular formula is C18H23N3O4. The highest BCUT2D eigenvalue weighted by Gasteiger charge is 2.51. The van der Waals surface area contributed by atoms with Crippen LogP contribution in [0.15, 0.2) is 22.8 Å². The fourth-order valence-electron chi connectivity index (χ4n) is 4.14. The molecule has 134 valence electrons. The lowest BCUT2D eigenvalue weighted by atomic mass is 9.80. The molecule has 2 fully saturated rings. The van der Waals surface area contributed by atoms with E-state index in [1.54, 1.807) is 6.07 Å². The molecule has 2 aliphatic heterocycles. The van der Waals surface area contributed by atoms with Crippen LogP contribution in [-0.2, 0) is 10.3 Å². The van der Waals surface area contributed by atoms with Crippen LogP contribution in [0.5, 0.6) is 0 Å². The molecule has 2 aromatic rings. The molecule has 7 nitrogen and oxygen atoms in total. The standard InChI is InChI=1S/C18H23N3O4/c1-17(2,3)24-16(22)21-12-5-6-13(21)10-18(23,9-12)11-4-7-14-15(8-11)20-25-19-14/h4,7-8,12-13,23H,5-6,9-10H2,1-3H3. The van der Waals surface area contributed by atoms with E-state index in [1.165, 1.54) is 0 Å². The maximum absolute atomic E-state index is 12.6. The van der Waals surface area contributed by atoms with Crippen molar-refractivity contribution >= 4 is 17.1 Å². The monoisotopic (exact) mass is 345 g/mol. The quantitative estimate of drug-likeness (QED) is 0.855. The van der Waals surface area contributed by atoms with Gasteiger partial charge in [-0.05, 0) is 61.6 Å². The Morgan fingerprint density at radius 2 is 1.88 bits per heavy atom. The first-order chi connectivity index (χ1) is 11.8. The van der Waals surface area contributed by atoms with Gasteiger partial charge < -0.3 is 14.7 Å². The zero-order valence-electron chi connectivity index (χ0n) is 14.7. The first-order valence-electron chi connectivity index (χ1n) is 8.72. The molecule has 0 radical (unpaired) electrons. The molecule has 0 saturated carbocycles. The van der Waals surface area contributed by atoms with Crippen molar-refractivity contribution in [2.24, 2.45) is 0 Å². The van der Waals surface area contributed by atoms with Gasteiger partial charge in [-0.1, -0.05) is 6.07 Å². The van der Waals surface area contributed by atoms with Crippen molar-refractivity contribution in [2.45, 2.75) is 69.7 Å². The molecule has 1 amide bonds. The van der Waals surface area contributed by atoms with E-state index < -0.39 is 11.2 Å². The van der Waals surface area contributed by atoms with E-state index in [1.807, 2.05) is 37.8 Å². The van der Waals surface area contributed by atoms with E-state index >= 15 is 0 Å². The van der Waals surface area contributed by atoms with E-state index in [0.29, 0.717) is 23.9 Å². The van der Waals surface area contributed by atoms with Crippen LogP contribution in [0.3, 0.4) is 0 Å². The number of aliphatic hydroxyl groups is 1. The van der Waals surface area contributed by atoms with Crippen molar-refractivity contribution in [1.82, 2.24) is 15.2 Å². The number of aromatic nitrogens is 2. The lowest BCUT2D eigenvalue weighted by Gasteiger charge is -2.44. The van der Waals surface area contributed by atoms with Crippen LogP contribution < -0.4 is 0 Å². The van der Waals surface area contributed by atoms with Gasteiger partial charge in [-0.2, -0.15) is 0 Å². The summed E-state index contributed by atoms with van der Waals surface area (Å²) in [6.07, 6.45) is 2.50. The number of ether oxygens (including phenoxy) is 1. The number of carbonyl (C=O) groups excluding carboxylic acids is 1. The molecule has 4 rings (SSSR count). The SMILES string of the molecule is CC(C)(C)OC(=O)N1C2CCC1CC(O)(c1ccc3nonc3c1)C2. The maximum atomic E-state index is 12.6. The number of fused-ring (bicyclic) bond motifs is 3. The second-order valence-corrected chi connectivity index (χ2v) is 8.18. The molecule has 2 bridgehead atoms. The van der Waals surface area contributed by atoms with Gasteiger partial charge in [0.05, 0.1) is 5.60 Å². The Bertz CT molecular complexity index is 796. The number of hydrogen-bond acceptors (Lipinski definition) is 6. The van der Waals surface area contributed by atoms with Crippen molar-refractivity contribution < 1.29 is 19.3 Å². The third-order valence-corrected chi connectivity index (χ3v) is 5.16. The summed E-state index contributed by atoms with van der Waals surface area (Å²) in [5, 5.41) is 19.0. The van der Waals surface area contributed by atoms with E-state index in [0.717, 1.165) is 18.4 Å². The summed E-state index contributed by atoms with van der Waals surface area (Å²) in [5.41, 5.74) is 0.609. The molecule has 25 heavy (non-hydrogen) atoms. The van der Waals surface area contributed by atoms with Crippen molar-refractivity contribution in [3.63, 3.8) is 0 Å². The van der Waals surface area contributed by atoms with E-state index in [-0.39, 0.29) is 18.2 Å². The lowest BCUT2D eigenvalue weighted by molar-refractivity contribution is -0.0623. The Morgan fingerprint density at radius 1 is 1.24 bits per heavy atom. The van der Waals surface area contributed by atoms with E-state index in [9.17, 15) is 9.90 Å². The zero-order valence-corrected chi connectivity index (χ0v) is 14.7. The molecule has 3 heterocycles. The Kier molecular flexibility index (Phi) is 3.54. The van der Waals surface area contributed by atoms with E-state index in [4.69, 9.17) is 9.37 Å². The Labute approximate surface area is 145 Å². The van der Waals surface area contributed by atoms with Gasteiger partial charge in [0.15, 0.2) is 0 Å². The Hall–Kier alpha value is -2.15. The number of carbonyl (C=O) groups is 1. The minimum atomic E-state index is -0.975. The summed E-state index contributed by atoms with van der Waals surface area (Å²) in [6.45, 7) is 5.61. The molecule has 7 heteroatoms. The highest BCUT2D eigenvalue weighted by atomic mass is 16.6. The molecule has 0 aliphatic carbocycles. The van der Waals surface area contributed by atoms with Gasteiger partial charge in [-0.3, -0.25) is 0 Å². The van der Waals surface area contributed by atoms with Crippen LogP contribution in [0, 0.1) is 0 Å². The second-order valence-electron chi connectivity index (χ2n) is 8.18. The van der Waals surface area contributed by atoms with Gasteiger partial charge in [-0.15, -0.1) is 0 Å². The van der Waals surface area contributed by atoms with Gasteiger partial charge in [0, 0.05) is 24.9 Å². The first kappa shape index (κ1) is 16.3. The molecule has 1 aromatic carbocycles. The number of nitrogens with zero attached hydrogens (tertiary/aromatic N) is 3. The highest BCUT2D eigenvalue weighted by Crippen LogP contribution is 2.46. The fraction of sp³-hybridized carbons (Fsp3) is 0.611.